The van der Waals surface area contributed by atoms with E-state index in [0.717, 1.165) is 22.2 Å². The molecule has 8 nitrogen and oxygen atoms in total. The molecule has 1 aliphatic rings. The fraction of sp³-hybridized carbons (Fsp3) is 0.259. The van der Waals surface area contributed by atoms with Gasteiger partial charge in [0.2, 0.25) is 0 Å². The van der Waals surface area contributed by atoms with Gasteiger partial charge in [-0.25, -0.2) is 14.6 Å². The fourth-order valence-electron chi connectivity index (χ4n) is 4.59. The summed E-state index contributed by atoms with van der Waals surface area (Å²) in [5, 5.41) is 0.550. The summed E-state index contributed by atoms with van der Waals surface area (Å²) in [5.74, 6) is -0.513. The number of thiazole rings is 1. The van der Waals surface area contributed by atoms with Crippen LogP contribution in [0.15, 0.2) is 68.3 Å². The number of carbonyl (C=O) groups is 1. The van der Waals surface area contributed by atoms with E-state index in [1.807, 2.05) is 18.2 Å². The number of imidazole rings is 1. The van der Waals surface area contributed by atoms with Crippen LogP contribution >= 0.6 is 22.9 Å². The number of benzene rings is 2. The summed E-state index contributed by atoms with van der Waals surface area (Å²) < 4.78 is 10.7. The van der Waals surface area contributed by atoms with E-state index in [9.17, 15) is 14.4 Å². The minimum absolute atomic E-state index is 0.120. The quantitative estimate of drug-likeness (QED) is 0.375. The van der Waals surface area contributed by atoms with Crippen LogP contribution in [-0.2, 0) is 23.6 Å². The van der Waals surface area contributed by atoms with E-state index in [1.165, 1.54) is 11.3 Å². The highest BCUT2D eigenvalue weighted by atomic mass is 35.5. The van der Waals surface area contributed by atoms with Gasteiger partial charge in [-0.05, 0) is 62.2 Å². The molecule has 2 aromatic carbocycles. The van der Waals surface area contributed by atoms with E-state index in [4.69, 9.17) is 16.3 Å². The number of hydrogen-bond donors (Lipinski definition) is 0. The molecule has 0 bridgehead atoms. The molecule has 0 saturated carbocycles. The Morgan fingerprint density at radius 2 is 1.76 bits per heavy atom. The molecular formula is C27H25ClN4O4S. The lowest BCUT2D eigenvalue weighted by molar-refractivity contribution is -0.143. The van der Waals surface area contributed by atoms with Crippen molar-refractivity contribution in [3.8, 4) is 0 Å². The minimum atomic E-state index is -0.709. The van der Waals surface area contributed by atoms with E-state index in [0.29, 0.717) is 25.6 Å². The fourth-order valence-corrected chi connectivity index (χ4v) is 5.76. The number of aromatic nitrogens is 3. The number of nitrogens with zero attached hydrogens (tertiary/aromatic N) is 4. The molecular weight excluding hydrogens is 512 g/mol. The summed E-state index contributed by atoms with van der Waals surface area (Å²) in [7, 11) is 3.44. The van der Waals surface area contributed by atoms with Crippen LogP contribution in [0.5, 0.6) is 0 Å². The SMILES string of the molecule is CC1=C(C(=O)OC(C)C)C(c2ccc(Cl)cc2)n2c(sc(=Cc3ccc4c(c3)n(C)c(=O)n4C)c2=O)=N1. The van der Waals surface area contributed by atoms with Crippen LogP contribution in [0.3, 0.4) is 0 Å². The van der Waals surface area contributed by atoms with Crippen LogP contribution in [0, 0.1) is 0 Å². The minimum Gasteiger partial charge on any atom is -0.459 e. The summed E-state index contributed by atoms with van der Waals surface area (Å²) in [5.41, 5.74) is 3.49. The van der Waals surface area contributed by atoms with Crippen molar-refractivity contribution in [3.05, 3.63) is 100 Å². The second-order valence-electron chi connectivity index (χ2n) is 9.24. The molecule has 10 heteroatoms. The van der Waals surface area contributed by atoms with Crippen molar-refractivity contribution in [1.82, 2.24) is 13.7 Å². The van der Waals surface area contributed by atoms with Gasteiger partial charge in [0.15, 0.2) is 4.80 Å². The third-order valence-electron chi connectivity index (χ3n) is 6.36. The summed E-state index contributed by atoms with van der Waals surface area (Å²) >= 11 is 7.37. The monoisotopic (exact) mass is 536 g/mol. The Morgan fingerprint density at radius 3 is 2.43 bits per heavy atom. The van der Waals surface area contributed by atoms with Gasteiger partial charge in [-0.2, -0.15) is 0 Å². The lowest BCUT2D eigenvalue weighted by Gasteiger charge is -2.25. The first-order valence-corrected chi connectivity index (χ1v) is 12.9. The molecule has 2 aromatic heterocycles. The zero-order valence-corrected chi connectivity index (χ0v) is 22.6. The molecule has 4 aromatic rings. The molecule has 0 N–H and O–H groups in total. The maximum absolute atomic E-state index is 13.8. The van der Waals surface area contributed by atoms with Gasteiger partial charge in [0, 0.05) is 19.1 Å². The lowest BCUT2D eigenvalue weighted by atomic mass is 9.96. The average Bonchev–Trinajstić information content (AvgIpc) is 3.26. The van der Waals surface area contributed by atoms with Crippen molar-refractivity contribution in [2.75, 3.05) is 0 Å². The molecule has 0 radical (unpaired) electrons. The Morgan fingerprint density at radius 1 is 1.08 bits per heavy atom. The first kappa shape index (κ1) is 25.0. The second-order valence-corrected chi connectivity index (χ2v) is 10.7. The van der Waals surface area contributed by atoms with Crippen molar-refractivity contribution in [1.29, 1.82) is 0 Å². The topological polar surface area (TPSA) is 87.6 Å². The van der Waals surface area contributed by atoms with Crippen molar-refractivity contribution < 1.29 is 9.53 Å². The molecule has 5 rings (SSSR count). The van der Waals surface area contributed by atoms with Gasteiger partial charge < -0.3 is 4.74 Å². The van der Waals surface area contributed by atoms with Gasteiger partial charge in [-0.3, -0.25) is 18.5 Å². The molecule has 0 amide bonds. The van der Waals surface area contributed by atoms with E-state index in [2.05, 4.69) is 4.99 Å². The van der Waals surface area contributed by atoms with Crippen LogP contribution in [-0.4, -0.2) is 25.8 Å². The first-order chi connectivity index (χ1) is 17.6. The molecule has 1 atom stereocenters. The Balaban J connectivity index is 1.71. The summed E-state index contributed by atoms with van der Waals surface area (Å²) in [6.45, 7) is 5.31. The summed E-state index contributed by atoms with van der Waals surface area (Å²) in [6, 6.07) is 12.0. The molecule has 1 aliphatic heterocycles. The van der Waals surface area contributed by atoms with E-state index < -0.39 is 12.0 Å². The highest BCUT2D eigenvalue weighted by molar-refractivity contribution is 7.07. The smallest absolute Gasteiger partial charge is 0.338 e. The number of aryl methyl sites for hydroxylation is 2. The number of rotatable bonds is 4. The third-order valence-corrected chi connectivity index (χ3v) is 7.60. The Hall–Kier alpha value is -3.69. The average molecular weight is 537 g/mol. The largest absolute Gasteiger partial charge is 0.459 e. The lowest BCUT2D eigenvalue weighted by Crippen LogP contribution is -2.40. The molecule has 37 heavy (non-hydrogen) atoms. The van der Waals surface area contributed by atoms with Crippen LogP contribution in [0.25, 0.3) is 17.1 Å². The highest BCUT2D eigenvalue weighted by Crippen LogP contribution is 2.31. The number of allylic oxidation sites excluding steroid dienone is 1. The predicted molar refractivity (Wildman–Crippen MR) is 145 cm³/mol. The van der Waals surface area contributed by atoms with E-state index in [1.54, 1.807) is 78.9 Å². The number of carbonyl (C=O) groups excluding carboxylic acids is 1. The van der Waals surface area contributed by atoms with Gasteiger partial charge >= 0.3 is 11.7 Å². The van der Waals surface area contributed by atoms with Crippen molar-refractivity contribution in [3.63, 3.8) is 0 Å². The predicted octanol–water partition coefficient (Wildman–Crippen LogP) is 3.03. The van der Waals surface area contributed by atoms with E-state index >= 15 is 0 Å². The normalized spacial score (nSPS) is 15.9. The van der Waals surface area contributed by atoms with Gasteiger partial charge in [-0.15, -0.1) is 0 Å². The second kappa shape index (κ2) is 9.32. The number of fused-ring (bicyclic) bond motifs is 2. The number of esters is 1. The zero-order chi connectivity index (χ0) is 26.6. The summed E-state index contributed by atoms with van der Waals surface area (Å²) in [6.07, 6.45) is 1.46. The Bertz CT molecular complexity index is 1840. The van der Waals surface area contributed by atoms with Gasteiger partial charge in [0.1, 0.15) is 0 Å². The number of ether oxygens (including phenoxy) is 1. The van der Waals surface area contributed by atoms with Crippen molar-refractivity contribution in [2.45, 2.75) is 32.9 Å². The first-order valence-electron chi connectivity index (χ1n) is 11.7. The Labute approximate surface area is 221 Å². The highest BCUT2D eigenvalue weighted by Gasteiger charge is 2.33. The molecule has 190 valence electrons. The van der Waals surface area contributed by atoms with Gasteiger partial charge in [0.25, 0.3) is 5.56 Å². The molecule has 0 fully saturated rings. The number of halogens is 1. The molecule has 0 saturated heterocycles. The molecule has 0 aliphatic carbocycles. The van der Waals surface area contributed by atoms with Crippen LogP contribution < -0.4 is 20.6 Å². The van der Waals surface area contributed by atoms with Crippen LogP contribution in [0.4, 0.5) is 0 Å². The maximum atomic E-state index is 13.8. The zero-order valence-electron chi connectivity index (χ0n) is 21.0. The van der Waals surface area contributed by atoms with Crippen molar-refractivity contribution >= 4 is 46.0 Å². The third kappa shape index (κ3) is 4.28. The van der Waals surface area contributed by atoms with E-state index in [-0.39, 0.29) is 17.4 Å². The van der Waals surface area contributed by atoms with Crippen molar-refractivity contribution in [2.24, 2.45) is 19.1 Å². The summed E-state index contributed by atoms with van der Waals surface area (Å²) in [4.78, 5) is 44.4. The van der Waals surface area contributed by atoms with Crippen LogP contribution in [0.2, 0.25) is 5.02 Å². The van der Waals surface area contributed by atoms with Gasteiger partial charge in [0.05, 0.1) is 39.0 Å². The molecule has 1 unspecified atom stereocenters. The standard InChI is InChI=1S/C27H25ClN4O4S/c1-14(2)36-25(34)22-15(3)29-26-32(23(22)17-7-9-18(28)10-8-17)24(33)21(37-26)13-16-6-11-19-20(12-16)31(5)27(35)30(19)4/h6-14,23H,1-5H3. The molecule has 3 heterocycles. The Kier molecular flexibility index (Phi) is 6.29. The number of hydrogen-bond acceptors (Lipinski definition) is 6. The van der Waals surface area contributed by atoms with Crippen LogP contribution in [0.1, 0.15) is 37.9 Å². The maximum Gasteiger partial charge on any atom is 0.338 e. The molecule has 0 spiro atoms. The van der Waals surface area contributed by atoms with Gasteiger partial charge in [-0.1, -0.05) is 41.1 Å².